The van der Waals surface area contributed by atoms with Crippen LogP contribution in [0.4, 0.5) is 4.79 Å². The third-order valence-electron chi connectivity index (χ3n) is 3.19. The fourth-order valence-electron chi connectivity index (χ4n) is 2.01. The molecule has 0 aliphatic heterocycles. The van der Waals surface area contributed by atoms with Gasteiger partial charge in [-0.2, -0.15) is 0 Å². The van der Waals surface area contributed by atoms with Crippen molar-refractivity contribution in [3.05, 3.63) is 0 Å². The number of carbonyl (C=O) groups is 2. The van der Waals surface area contributed by atoms with Gasteiger partial charge in [0.25, 0.3) is 0 Å². The van der Waals surface area contributed by atoms with Crippen molar-refractivity contribution in [2.75, 3.05) is 13.1 Å². The van der Waals surface area contributed by atoms with Crippen LogP contribution in [0.1, 0.15) is 58.3 Å². The minimum atomic E-state index is -0.838. The molecule has 20 heavy (non-hydrogen) atoms. The Labute approximate surface area is 121 Å². The van der Waals surface area contributed by atoms with Crippen molar-refractivity contribution in [2.45, 2.75) is 64.3 Å². The van der Waals surface area contributed by atoms with E-state index in [1.807, 2.05) is 0 Å². The molecule has 0 saturated heterocycles. The van der Waals surface area contributed by atoms with E-state index in [2.05, 4.69) is 17.6 Å². The molecule has 5 N–H and O–H groups in total. The minimum absolute atomic E-state index is 0.414. The van der Waals surface area contributed by atoms with E-state index >= 15 is 0 Å². The van der Waals surface area contributed by atoms with Crippen LogP contribution in [0, 0.1) is 0 Å². The zero-order chi connectivity index (χ0) is 15.2. The van der Waals surface area contributed by atoms with Crippen molar-refractivity contribution >= 4 is 12.0 Å². The summed E-state index contributed by atoms with van der Waals surface area (Å²) in [4.78, 5) is 21.5. The van der Waals surface area contributed by atoms with Crippen molar-refractivity contribution in [1.29, 1.82) is 0 Å². The Morgan fingerprint density at radius 3 is 2.30 bits per heavy atom. The molecule has 0 saturated carbocycles. The van der Waals surface area contributed by atoms with Crippen LogP contribution in [-0.2, 0) is 4.79 Å². The number of rotatable bonds is 13. The molecule has 0 radical (unpaired) electrons. The molecule has 2 amide bonds. The van der Waals surface area contributed by atoms with Crippen LogP contribution in [0.5, 0.6) is 0 Å². The first-order chi connectivity index (χ1) is 9.57. The van der Waals surface area contributed by atoms with Crippen LogP contribution < -0.4 is 16.4 Å². The summed E-state index contributed by atoms with van der Waals surface area (Å²) in [6.45, 7) is 3.33. The van der Waals surface area contributed by atoms with Gasteiger partial charge in [-0.05, 0) is 25.8 Å². The van der Waals surface area contributed by atoms with Crippen molar-refractivity contribution in [1.82, 2.24) is 10.6 Å². The monoisotopic (exact) mass is 287 g/mol. The van der Waals surface area contributed by atoms with E-state index in [9.17, 15) is 9.59 Å². The van der Waals surface area contributed by atoms with Crippen LogP contribution >= 0.6 is 0 Å². The molecule has 0 aromatic heterocycles. The number of unbranched alkanes of at least 4 members (excludes halogenated alkanes) is 5. The van der Waals surface area contributed by atoms with Crippen molar-refractivity contribution in [2.24, 2.45) is 5.73 Å². The Morgan fingerprint density at radius 1 is 1.05 bits per heavy atom. The molecule has 0 heterocycles. The number of primary amides is 1. The summed E-state index contributed by atoms with van der Waals surface area (Å²) in [5.41, 5.74) is 4.94. The number of aliphatic carboxylic acids is 1. The van der Waals surface area contributed by atoms with E-state index < -0.39 is 18.0 Å². The van der Waals surface area contributed by atoms with E-state index in [4.69, 9.17) is 10.8 Å². The lowest BCUT2D eigenvalue weighted by Crippen LogP contribution is -2.38. The quantitative estimate of drug-likeness (QED) is 0.388. The minimum Gasteiger partial charge on any atom is -0.480 e. The molecular formula is C14H29N3O3. The van der Waals surface area contributed by atoms with Crippen LogP contribution in [0.15, 0.2) is 0 Å². The molecule has 0 aromatic rings. The maximum absolute atomic E-state index is 11.1. The van der Waals surface area contributed by atoms with Gasteiger partial charge in [-0.25, -0.2) is 4.79 Å². The molecule has 0 bridgehead atoms. The number of carboxylic acid groups (broad SMARTS) is 1. The van der Waals surface area contributed by atoms with Crippen molar-refractivity contribution in [3.8, 4) is 0 Å². The van der Waals surface area contributed by atoms with Gasteiger partial charge in [0.15, 0.2) is 0 Å². The first-order valence-electron chi connectivity index (χ1n) is 7.57. The van der Waals surface area contributed by atoms with Crippen molar-refractivity contribution < 1.29 is 14.7 Å². The van der Waals surface area contributed by atoms with Gasteiger partial charge in [-0.1, -0.05) is 39.0 Å². The van der Waals surface area contributed by atoms with Gasteiger partial charge in [-0.15, -0.1) is 0 Å². The normalized spacial score (nSPS) is 12.1. The number of carbonyl (C=O) groups excluding carboxylic acids is 1. The molecule has 6 nitrogen and oxygen atoms in total. The van der Waals surface area contributed by atoms with E-state index in [0.717, 1.165) is 19.4 Å². The first kappa shape index (κ1) is 18.7. The Morgan fingerprint density at radius 2 is 1.70 bits per heavy atom. The Bertz CT molecular complexity index is 272. The molecular weight excluding hydrogens is 258 g/mol. The lowest BCUT2D eigenvalue weighted by Gasteiger charge is -2.14. The standard InChI is InChI=1S/C14H29N3O3/c1-2-3-4-5-6-7-10-16-12(13(18)19)9-8-11-17-14(15)20/h12,16H,2-11H2,1H3,(H,18,19)(H3,15,17,20). The second kappa shape index (κ2) is 12.7. The summed E-state index contributed by atoms with van der Waals surface area (Å²) >= 11 is 0. The number of amides is 2. The maximum atomic E-state index is 11.1. The van der Waals surface area contributed by atoms with Crippen LogP contribution in [0.2, 0.25) is 0 Å². The predicted molar refractivity (Wildman–Crippen MR) is 79.6 cm³/mol. The maximum Gasteiger partial charge on any atom is 0.320 e. The van der Waals surface area contributed by atoms with E-state index in [1.165, 1.54) is 25.7 Å². The Hall–Kier alpha value is -1.30. The van der Waals surface area contributed by atoms with E-state index in [-0.39, 0.29) is 0 Å². The summed E-state index contributed by atoms with van der Waals surface area (Å²) in [6, 6.07) is -1.11. The smallest absolute Gasteiger partial charge is 0.320 e. The van der Waals surface area contributed by atoms with Gasteiger partial charge in [-0.3, -0.25) is 4.79 Å². The second-order valence-corrected chi connectivity index (χ2v) is 5.05. The summed E-state index contributed by atoms with van der Waals surface area (Å²) in [5, 5.41) is 14.6. The average molecular weight is 287 g/mol. The number of nitrogens with two attached hydrogens (primary N) is 1. The molecule has 0 fully saturated rings. The first-order valence-corrected chi connectivity index (χ1v) is 7.57. The third kappa shape index (κ3) is 11.8. The largest absolute Gasteiger partial charge is 0.480 e. The Balaban J connectivity index is 3.59. The summed E-state index contributed by atoms with van der Waals surface area (Å²) < 4.78 is 0. The molecule has 0 spiro atoms. The second-order valence-electron chi connectivity index (χ2n) is 5.05. The summed E-state index contributed by atoms with van der Waals surface area (Å²) in [7, 11) is 0. The zero-order valence-corrected chi connectivity index (χ0v) is 12.5. The number of nitrogens with one attached hydrogen (secondary N) is 2. The molecule has 0 aliphatic rings. The molecule has 1 atom stereocenters. The third-order valence-corrected chi connectivity index (χ3v) is 3.19. The van der Waals surface area contributed by atoms with Crippen molar-refractivity contribution in [3.63, 3.8) is 0 Å². The average Bonchev–Trinajstić information content (AvgIpc) is 2.39. The summed E-state index contributed by atoms with van der Waals surface area (Å²) in [6.07, 6.45) is 8.23. The topological polar surface area (TPSA) is 104 Å². The highest BCUT2D eigenvalue weighted by Crippen LogP contribution is 2.05. The SMILES string of the molecule is CCCCCCCCNC(CCCNC(N)=O)C(=O)O. The number of carboxylic acids is 1. The molecule has 0 aliphatic carbocycles. The molecule has 0 rings (SSSR count). The number of hydrogen-bond donors (Lipinski definition) is 4. The Kier molecular flexibility index (Phi) is 11.9. The number of hydrogen-bond acceptors (Lipinski definition) is 3. The lowest BCUT2D eigenvalue weighted by atomic mass is 10.1. The molecule has 0 aromatic carbocycles. The predicted octanol–water partition coefficient (Wildman–Crippen LogP) is 1.84. The van der Waals surface area contributed by atoms with Crippen LogP contribution in [-0.4, -0.2) is 36.2 Å². The van der Waals surface area contributed by atoms with Crippen LogP contribution in [0.25, 0.3) is 0 Å². The van der Waals surface area contributed by atoms with Gasteiger partial charge in [0.2, 0.25) is 0 Å². The van der Waals surface area contributed by atoms with E-state index in [0.29, 0.717) is 19.4 Å². The zero-order valence-electron chi connectivity index (χ0n) is 12.5. The highest BCUT2D eigenvalue weighted by atomic mass is 16.4. The van der Waals surface area contributed by atoms with Gasteiger partial charge >= 0.3 is 12.0 Å². The fraction of sp³-hybridized carbons (Fsp3) is 0.857. The summed E-state index contributed by atoms with van der Waals surface area (Å²) in [5.74, 6) is -0.838. The molecule has 1 unspecified atom stereocenters. The molecule has 118 valence electrons. The van der Waals surface area contributed by atoms with Gasteiger partial charge < -0.3 is 21.5 Å². The highest BCUT2D eigenvalue weighted by Gasteiger charge is 2.15. The van der Waals surface area contributed by atoms with Gasteiger partial charge in [0.05, 0.1) is 0 Å². The lowest BCUT2D eigenvalue weighted by molar-refractivity contribution is -0.139. The van der Waals surface area contributed by atoms with Crippen LogP contribution in [0.3, 0.4) is 0 Å². The number of urea groups is 1. The van der Waals surface area contributed by atoms with E-state index in [1.54, 1.807) is 0 Å². The highest BCUT2D eigenvalue weighted by molar-refractivity contribution is 5.73. The van der Waals surface area contributed by atoms with Gasteiger partial charge in [0.1, 0.15) is 6.04 Å². The fourth-order valence-corrected chi connectivity index (χ4v) is 2.01. The van der Waals surface area contributed by atoms with Gasteiger partial charge in [0, 0.05) is 6.54 Å². The molecule has 6 heteroatoms.